The lowest BCUT2D eigenvalue weighted by molar-refractivity contribution is -0.114. The minimum absolute atomic E-state index is 0.175. The largest absolute Gasteiger partial charge is 0.278 e. The molecule has 0 radical (unpaired) electrons. The molecule has 4 nitrogen and oxygen atoms in total. The van der Waals surface area contributed by atoms with Gasteiger partial charge in [0, 0.05) is 17.3 Å². The molecule has 144 valence electrons. The molecule has 0 bridgehead atoms. The Bertz CT molecular complexity index is 1190. The molecule has 29 heavy (non-hydrogen) atoms. The molecule has 4 rings (SSSR count). The van der Waals surface area contributed by atoms with Gasteiger partial charge in [-0.15, -0.1) is 0 Å². The highest BCUT2D eigenvalue weighted by atomic mass is 35.5. The third kappa shape index (κ3) is 4.53. The molecule has 0 atom stereocenters. The highest BCUT2D eigenvalue weighted by molar-refractivity contribution is 7.22. The van der Waals surface area contributed by atoms with Gasteiger partial charge in [0.25, 0.3) is 5.91 Å². The molecule has 2 heterocycles. The Morgan fingerprint density at radius 2 is 1.97 bits per heavy atom. The van der Waals surface area contributed by atoms with E-state index >= 15 is 0 Å². The number of carbonyl (C=O) groups excluding carboxylic acids is 1. The van der Waals surface area contributed by atoms with Gasteiger partial charge in [-0.1, -0.05) is 53.3 Å². The van der Waals surface area contributed by atoms with Crippen LogP contribution < -0.4 is 4.90 Å². The monoisotopic (exact) mass is 419 g/mol. The zero-order chi connectivity index (χ0) is 20.2. The van der Waals surface area contributed by atoms with E-state index in [-0.39, 0.29) is 5.91 Å². The van der Waals surface area contributed by atoms with Crippen molar-refractivity contribution in [2.45, 2.75) is 13.5 Å². The van der Waals surface area contributed by atoms with Gasteiger partial charge in [0.2, 0.25) is 0 Å². The van der Waals surface area contributed by atoms with Crippen LogP contribution >= 0.6 is 22.9 Å². The first kappa shape index (κ1) is 19.3. The van der Waals surface area contributed by atoms with Crippen molar-refractivity contribution in [3.05, 3.63) is 94.8 Å². The van der Waals surface area contributed by atoms with Crippen molar-refractivity contribution in [2.75, 3.05) is 4.90 Å². The number of nitrogens with zero attached hydrogens (tertiary/aromatic N) is 3. The summed E-state index contributed by atoms with van der Waals surface area (Å²) in [7, 11) is 0. The second kappa shape index (κ2) is 8.55. The number of amides is 1. The lowest BCUT2D eigenvalue weighted by atomic mass is 10.2. The number of pyridine rings is 1. The Kier molecular flexibility index (Phi) is 5.69. The number of hydrogen-bond donors (Lipinski definition) is 0. The van der Waals surface area contributed by atoms with E-state index in [1.165, 1.54) is 17.4 Å². The third-order valence-electron chi connectivity index (χ3n) is 4.39. The van der Waals surface area contributed by atoms with Crippen LogP contribution in [0.1, 0.15) is 16.8 Å². The van der Waals surface area contributed by atoms with Crippen LogP contribution in [0.4, 0.5) is 5.13 Å². The summed E-state index contributed by atoms with van der Waals surface area (Å²) in [5, 5.41) is 1.24. The molecule has 0 saturated carbocycles. The van der Waals surface area contributed by atoms with E-state index in [1.54, 1.807) is 23.2 Å². The van der Waals surface area contributed by atoms with Crippen molar-refractivity contribution in [3.8, 4) is 0 Å². The number of aromatic nitrogens is 2. The zero-order valence-corrected chi connectivity index (χ0v) is 17.3. The predicted octanol–water partition coefficient (Wildman–Crippen LogP) is 5.90. The SMILES string of the molecule is Cc1ccc2nc(N(Cc3ccccn3)C(=O)/C=C/c3ccccc3Cl)sc2c1. The van der Waals surface area contributed by atoms with E-state index in [1.807, 2.05) is 55.5 Å². The first-order chi connectivity index (χ1) is 14.1. The topological polar surface area (TPSA) is 46.1 Å². The number of benzene rings is 2. The first-order valence-corrected chi connectivity index (χ1v) is 10.3. The quantitative estimate of drug-likeness (QED) is 0.378. The molecule has 0 saturated heterocycles. The first-order valence-electron chi connectivity index (χ1n) is 9.11. The molecular formula is C23H18ClN3OS. The molecule has 0 N–H and O–H groups in total. The van der Waals surface area contributed by atoms with Crippen LogP contribution in [0, 0.1) is 6.92 Å². The van der Waals surface area contributed by atoms with E-state index in [2.05, 4.69) is 16.0 Å². The molecule has 0 fully saturated rings. The minimum atomic E-state index is -0.175. The average Bonchev–Trinajstić information content (AvgIpc) is 3.14. The van der Waals surface area contributed by atoms with Crippen LogP contribution in [0.5, 0.6) is 0 Å². The van der Waals surface area contributed by atoms with Crippen molar-refractivity contribution in [2.24, 2.45) is 0 Å². The third-order valence-corrected chi connectivity index (χ3v) is 5.77. The van der Waals surface area contributed by atoms with E-state index in [0.717, 1.165) is 27.0 Å². The molecule has 4 aromatic rings. The number of thiazole rings is 1. The Morgan fingerprint density at radius 3 is 2.76 bits per heavy atom. The van der Waals surface area contributed by atoms with Crippen LogP contribution in [0.2, 0.25) is 5.02 Å². The zero-order valence-electron chi connectivity index (χ0n) is 15.7. The number of aryl methyl sites for hydroxylation is 1. The van der Waals surface area contributed by atoms with Gasteiger partial charge >= 0.3 is 0 Å². The van der Waals surface area contributed by atoms with Crippen LogP contribution in [0.15, 0.2) is 72.9 Å². The van der Waals surface area contributed by atoms with Crippen LogP contribution in [0.25, 0.3) is 16.3 Å². The van der Waals surface area contributed by atoms with Gasteiger partial charge in [0.05, 0.1) is 22.5 Å². The number of fused-ring (bicyclic) bond motifs is 1. The van der Waals surface area contributed by atoms with E-state index in [4.69, 9.17) is 11.6 Å². The highest BCUT2D eigenvalue weighted by Gasteiger charge is 2.19. The lowest BCUT2D eigenvalue weighted by Gasteiger charge is -2.17. The summed E-state index contributed by atoms with van der Waals surface area (Å²) in [6.45, 7) is 2.38. The maximum atomic E-state index is 13.1. The van der Waals surface area contributed by atoms with Gasteiger partial charge in [0.1, 0.15) is 0 Å². The number of rotatable bonds is 5. The molecule has 1 amide bonds. The molecule has 6 heteroatoms. The molecule has 0 spiro atoms. The molecule has 2 aromatic carbocycles. The smallest absolute Gasteiger partial charge is 0.253 e. The average molecular weight is 420 g/mol. The summed E-state index contributed by atoms with van der Waals surface area (Å²) in [5.41, 5.74) is 3.63. The Labute approximate surface area is 178 Å². The van der Waals surface area contributed by atoms with Gasteiger partial charge in [-0.05, 0) is 54.5 Å². The summed E-state index contributed by atoms with van der Waals surface area (Å²) >= 11 is 7.70. The number of hydrogen-bond acceptors (Lipinski definition) is 4. The predicted molar refractivity (Wildman–Crippen MR) is 120 cm³/mol. The van der Waals surface area contributed by atoms with Crippen molar-refractivity contribution in [3.63, 3.8) is 0 Å². The van der Waals surface area contributed by atoms with Gasteiger partial charge in [-0.3, -0.25) is 14.7 Å². The summed E-state index contributed by atoms with van der Waals surface area (Å²) < 4.78 is 1.05. The maximum Gasteiger partial charge on any atom is 0.253 e. The van der Waals surface area contributed by atoms with Crippen LogP contribution in [-0.2, 0) is 11.3 Å². The maximum absolute atomic E-state index is 13.1. The molecule has 0 unspecified atom stereocenters. The van der Waals surface area contributed by atoms with Gasteiger partial charge < -0.3 is 0 Å². The van der Waals surface area contributed by atoms with Gasteiger partial charge in [-0.2, -0.15) is 0 Å². The summed E-state index contributed by atoms with van der Waals surface area (Å²) in [4.78, 5) is 23.8. The molecule has 0 aliphatic heterocycles. The normalized spacial score (nSPS) is 11.2. The van der Waals surface area contributed by atoms with E-state index in [0.29, 0.717) is 16.7 Å². The second-order valence-electron chi connectivity index (χ2n) is 6.57. The van der Waals surface area contributed by atoms with Gasteiger partial charge in [0.15, 0.2) is 5.13 Å². The summed E-state index contributed by atoms with van der Waals surface area (Å²) in [5.74, 6) is -0.175. The number of anilines is 1. The van der Waals surface area contributed by atoms with E-state index in [9.17, 15) is 4.79 Å². The van der Waals surface area contributed by atoms with Crippen molar-refractivity contribution < 1.29 is 4.79 Å². The Hall–Kier alpha value is -3.02. The van der Waals surface area contributed by atoms with E-state index < -0.39 is 0 Å². The molecule has 0 aliphatic rings. The van der Waals surface area contributed by atoms with Gasteiger partial charge in [-0.25, -0.2) is 4.98 Å². The van der Waals surface area contributed by atoms with Crippen LogP contribution in [-0.4, -0.2) is 15.9 Å². The lowest BCUT2D eigenvalue weighted by Crippen LogP contribution is -2.29. The summed E-state index contributed by atoms with van der Waals surface area (Å²) in [6.07, 6.45) is 4.98. The fourth-order valence-corrected chi connectivity index (χ4v) is 4.16. The summed E-state index contributed by atoms with van der Waals surface area (Å²) in [6, 6.07) is 19.2. The van der Waals surface area contributed by atoms with Crippen LogP contribution in [0.3, 0.4) is 0 Å². The fraction of sp³-hybridized carbons (Fsp3) is 0.0870. The highest BCUT2D eigenvalue weighted by Crippen LogP contribution is 2.30. The molecule has 2 aromatic heterocycles. The standard InChI is InChI=1S/C23H18ClN3OS/c1-16-9-11-20-21(14-16)29-23(26-20)27(15-18-7-4-5-13-25-18)22(28)12-10-17-6-2-3-8-19(17)24/h2-14H,15H2,1H3/b12-10+. The van der Waals surface area contributed by atoms with Crippen molar-refractivity contribution in [1.82, 2.24) is 9.97 Å². The number of halogens is 1. The number of carbonyl (C=O) groups is 1. The Balaban J connectivity index is 1.69. The Morgan fingerprint density at radius 1 is 1.14 bits per heavy atom. The van der Waals surface area contributed by atoms with Crippen molar-refractivity contribution >= 4 is 50.3 Å². The fourth-order valence-electron chi connectivity index (χ4n) is 2.89. The molecule has 0 aliphatic carbocycles. The van der Waals surface area contributed by atoms with Crippen molar-refractivity contribution in [1.29, 1.82) is 0 Å². The minimum Gasteiger partial charge on any atom is -0.278 e. The molecular weight excluding hydrogens is 402 g/mol. The second-order valence-corrected chi connectivity index (χ2v) is 7.98.